The molecule has 0 saturated carbocycles. The van der Waals surface area contributed by atoms with E-state index in [2.05, 4.69) is 48.9 Å². The van der Waals surface area contributed by atoms with Crippen LogP contribution in [0.15, 0.2) is 40.1 Å². The van der Waals surface area contributed by atoms with Gasteiger partial charge in [0.05, 0.1) is 0 Å². The average Bonchev–Trinajstić information content (AvgIpc) is 2.97. The first-order valence-corrected chi connectivity index (χ1v) is 7.07. The zero-order valence-corrected chi connectivity index (χ0v) is 11.8. The van der Waals surface area contributed by atoms with E-state index in [4.69, 9.17) is 10.3 Å². The van der Waals surface area contributed by atoms with Gasteiger partial charge < -0.3 is 4.42 Å². The molecule has 0 amide bonds. The average molecular weight is 272 g/mol. The number of aryl methyl sites for hydroxylation is 2. The van der Waals surface area contributed by atoms with E-state index >= 15 is 0 Å². The van der Waals surface area contributed by atoms with E-state index in [0.717, 1.165) is 16.7 Å². The topological polar surface area (TPSA) is 51.2 Å². The minimum Gasteiger partial charge on any atom is -0.459 e. The summed E-state index contributed by atoms with van der Waals surface area (Å²) in [5.74, 6) is 6.56. The Balaban J connectivity index is 2.09. The highest BCUT2D eigenvalue weighted by Crippen LogP contribution is 2.31. The minimum absolute atomic E-state index is 0.0982. The Morgan fingerprint density at radius 3 is 2.74 bits per heavy atom. The van der Waals surface area contributed by atoms with E-state index in [1.165, 1.54) is 16.0 Å². The van der Waals surface area contributed by atoms with Crippen molar-refractivity contribution in [1.82, 2.24) is 5.43 Å². The summed E-state index contributed by atoms with van der Waals surface area (Å²) >= 11 is 1.71. The molecule has 98 valence electrons. The summed E-state index contributed by atoms with van der Waals surface area (Å²) in [5, 5.41) is 3.19. The molecule has 0 aliphatic carbocycles. The first-order chi connectivity index (χ1) is 9.19. The predicted molar refractivity (Wildman–Crippen MR) is 79.2 cm³/mol. The Bertz CT molecular complexity index is 714. The molecule has 1 unspecified atom stereocenters. The van der Waals surface area contributed by atoms with Gasteiger partial charge in [0.1, 0.15) is 17.4 Å². The van der Waals surface area contributed by atoms with Gasteiger partial charge in [-0.05, 0) is 49.1 Å². The Kier molecular flexibility index (Phi) is 3.14. The van der Waals surface area contributed by atoms with Crippen molar-refractivity contribution >= 4 is 22.3 Å². The SMILES string of the molecule is Cc1ccc2oc(C(NN)c3ccsc3C)cc2c1. The summed E-state index contributed by atoms with van der Waals surface area (Å²) in [6.45, 7) is 4.17. The Labute approximate surface area is 116 Å². The van der Waals surface area contributed by atoms with E-state index in [0.29, 0.717) is 0 Å². The van der Waals surface area contributed by atoms with Crippen LogP contribution in [-0.2, 0) is 0 Å². The number of rotatable bonds is 3. The number of nitrogens with one attached hydrogen (secondary N) is 1. The normalized spacial score (nSPS) is 13.0. The smallest absolute Gasteiger partial charge is 0.134 e. The molecule has 0 bridgehead atoms. The van der Waals surface area contributed by atoms with Gasteiger partial charge in [-0.3, -0.25) is 5.84 Å². The van der Waals surface area contributed by atoms with Gasteiger partial charge >= 0.3 is 0 Å². The van der Waals surface area contributed by atoms with Crippen molar-refractivity contribution in [3.8, 4) is 0 Å². The van der Waals surface area contributed by atoms with E-state index in [1.54, 1.807) is 11.3 Å². The molecule has 0 fully saturated rings. The highest BCUT2D eigenvalue weighted by Gasteiger charge is 2.19. The largest absolute Gasteiger partial charge is 0.459 e. The van der Waals surface area contributed by atoms with Crippen LogP contribution in [0, 0.1) is 13.8 Å². The molecule has 0 aliphatic rings. The molecule has 0 spiro atoms. The van der Waals surface area contributed by atoms with Crippen LogP contribution in [0.5, 0.6) is 0 Å². The maximum Gasteiger partial charge on any atom is 0.134 e. The zero-order valence-electron chi connectivity index (χ0n) is 10.9. The van der Waals surface area contributed by atoms with Gasteiger partial charge in [0.15, 0.2) is 0 Å². The standard InChI is InChI=1S/C15H16N2OS/c1-9-3-4-13-11(7-9)8-14(18-13)15(17-16)12-5-6-19-10(12)2/h3-8,15,17H,16H2,1-2H3. The van der Waals surface area contributed by atoms with Crippen LogP contribution >= 0.6 is 11.3 Å². The van der Waals surface area contributed by atoms with Crippen LogP contribution in [0.1, 0.15) is 27.8 Å². The zero-order chi connectivity index (χ0) is 13.4. The number of thiophene rings is 1. The highest BCUT2D eigenvalue weighted by molar-refractivity contribution is 7.10. The fourth-order valence-corrected chi connectivity index (χ4v) is 3.09. The van der Waals surface area contributed by atoms with Crippen molar-refractivity contribution < 1.29 is 4.42 Å². The first kappa shape index (κ1) is 12.4. The minimum atomic E-state index is -0.0982. The highest BCUT2D eigenvalue weighted by atomic mass is 32.1. The molecular formula is C15H16N2OS. The summed E-state index contributed by atoms with van der Waals surface area (Å²) in [7, 11) is 0. The van der Waals surface area contributed by atoms with Crippen molar-refractivity contribution in [2.75, 3.05) is 0 Å². The molecule has 0 aliphatic heterocycles. The molecular weight excluding hydrogens is 256 g/mol. The molecule has 1 aromatic carbocycles. The van der Waals surface area contributed by atoms with Gasteiger partial charge in [0, 0.05) is 10.3 Å². The van der Waals surface area contributed by atoms with Crippen molar-refractivity contribution in [1.29, 1.82) is 0 Å². The Morgan fingerprint density at radius 2 is 2.05 bits per heavy atom. The van der Waals surface area contributed by atoms with Gasteiger partial charge in [-0.25, -0.2) is 5.43 Å². The molecule has 0 radical (unpaired) electrons. The van der Waals surface area contributed by atoms with Crippen LogP contribution in [-0.4, -0.2) is 0 Å². The third-order valence-corrected chi connectivity index (χ3v) is 4.21. The number of furan rings is 1. The summed E-state index contributed by atoms with van der Waals surface area (Å²) in [4.78, 5) is 1.25. The molecule has 2 aromatic heterocycles. The molecule has 3 rings (SSSR count). The van der Waals surface area contributed by atoms with Crippen molar-refractivity contribution in [3.63, 3.8) is 0 Å². The number of fused-ring (bicyclic) bond motifs is 1. The summed E-state index contributed by atoms with van der Waals surface area (Å²) in [6.07, 6.45) is 0. The van der Waals surface area contributed by atoms with Crippen molar-refractivity contribution in [2.24, 2.45) is 5.84 Å². The third-order valence-electron chi connectivity index (χ3n) is 3.35. The predicted octanol–water partition coefficient (Wildman–Crippen LogP) is 3.66. The molecule has 1 atom stereocenters. The van der Waals surface area contributed by atoms with Crippen LogP contribution in [0.3, 0.4) is 0 Å². The van der Waals surface area contributed by atoms with E-state index in [-0.39, 0.29) is 6.04 Å². The fraction of sp³-hybridized carbons (Fsp3) is 0.200. The van der Waals surface area contributed by atoms with E-state index < -0.39 is 0 Å². The second kappa shape index (κ2) is 4.81. The number of hydrazine groups is 1. The second-order valence-corrected chi connectivity index (χ2v) is 5.84. The van der Waals surface area contributed by atoms with Gasteiger partial charge in [-0.2, -0.15) is 0 Å². The molecule has 19 heavy (non-hydrogen) atoms. The third kappa shape index (κ3) is 2.18. The lowest BCUT2D eigenvalue weighted by molar-refractivity contribution is 0.477. The maximum atomic E-state index is 5.92. The summed E-state index contributed by atoms with van der Waals surface area (Å²) < 4.78 is 5.92. The molecule has 3 aromatic rings. The lowest BCUT2D eigenvalue weighted by atomic mass is 10.1. The van der Waals surface area contributed by atoms with Crippen LogP contribution in [0.4, 0.5) is 0 Å². The van der Waals surface area contributed by atoms with Crippen LogP contribution in [0.2, 0.25) is 0 Å². The van der Waals surface area contributed by atoms with Gasteiger partial charge in [0.2, 0.25) is 0 Å². The number of benzene rings is 1. The number of nitrogens with two attached hydrogens (primary N) is 1. The number of hydrogen-bond donors (Lipinski definition) is 2. The van der Waals surface area contributed by atoms with Crippen molar-refractivity contribution in [3.05, 3.63) is 57.5 Å². The fourth-order valence-electron chi connectivity index (χ4n) is 2.35. The second-order valence-electron chi connectivity index (χ2n) is 4.72. The monoisotopic (exact) mass is 272 g/mol. The molecule has 3 nitrogen and oxygen atoms in total. The molecule has 2 heterocycles. The van der Waals surface area contributed by atoms with Gasteiger partial charge in [-0.15, -0.1) is 11.3 Å². The molecule has 3 N–H and O–H groups in total. The van der Waals surface area contributed by atoms with Crippen molar-refractivity contribution in [2.45, 2.75) is 19.9 Å². The lowest BCUT2D eigenvalue weighted by Crippen LogP contribution is -2.28. The maximum absolute atomic E-state index is 5.92. The Morgan fingerprint density at radius 1 is 1.21 bits per heavy atom. The van der Waals surface area contributed by atoms with E-state index in [1.807, 2.05) is 6.07 Å². The van der Waals surface area contributed by atoms with Crippen LogP contribution < -0.4 is 11.3 Å². The number of hydrogen-bond acceptors (Lipinski definition) is 4. The quantitative estimate of drug-likeness (QED) is 0.565. The summed E-state index contributed by atoms with van der Waals surface area (Å²) in [6, 6.07) is 10.2. The lowest BCUT2D eigenvalue weighted by Gasteiger charge is -2.12. The molecule has 0 saturated heterocycles. The van der Waals surface area contributed by atoms with Gasteiger partial charge in [-0.1, -0.05) is 11.6 Å². The Hall–Kier alpha value is -1.62. The molecule has 4 heteroatoms. The summed E-state index contributed by atoms with van der Waals surface area (Å²) in [5.41, 5.74) is 6.14. The van der Waals surface area contributed by atoms with Gasteiger partial charge in [0.25, 0.3) is 0 Å². The first-order valence-electron chi connectivity index (χ1n) is 6.19. The van der Waals surface area contributed by atoms with E-state index in [9.17, 15) is 0 Å². The van der Waals surface area contributed by atoms with Crippen LogP contribution in [0.25, 0.3) is 11.0 Å².